The second kappa shape index (κ2) is 7.22. The van der Waals surface area contributed by atoms with Crippen LogP contribution in [0, 0.1) is 4.77 Å². The molecule has 0 bridgehead atoms. The second-order valence-corrected chi connectivity index (χ2v) is 5.96. The Kier molecular flexibility index (Phi) is 5.01. The highest BCUT2D eigenvalue weighted by Gasteiger charge is 2.12. The van der Waals surface area contributed by atoms with Crippen LogP contribution < -0.4 is 15.6 Å². The van der Waals surface area contributed by atoms with Crippen LogP contribution in [0.15, 0.2) is 41.2 Å². The molecule has 0 radical (unpaired) electrons. The zero-order chi connectivity index (χ0) is 18.8. The van der Waals surface area contributed by atoms with E-state index in [-0.39, 0.29) is 26.7 Å². The van der Waals surface area contributed by atoms with Crippen molar-refractivity contribution in [1.29, 1.82) is 0 Å². The molecule has 10 heteroatoms. The number of ether oxygens (including phenoxy) is 1. The van der Waals surface area contributed by atoms with Crippen molar-refractivity contribution < 1.29 is 18.3 Å². The van der Waals surface area contributed by atoms with Crippen LogP contribution in [0.5, 0.6) is 5.75 Å². The molecule has 0 unspecified atom stereocenters. The minimum Gasteiger partial charge on any atom is -0.433 e. The second-order valence-electron chi connectivity index (χ2n) is 5.15. The Morgan fingerprint density at radius 3 is 2.65 bits per heavy atom. The van der Waals surface area contributed by atoms with Gasteiger partial charge in [0.15, 0.2) is 4.77 Å². The minimum absolute atomic E-state index is 0.0720. The van der Waals surface area contributed by atoms with Crippen molar-refractivity contribution in [2.24, 2.45) is 0 Å². The third-order valence-corrected chi connectivity index (χ3v) is 3.91. The van der Waals surface area contributed by atoms with Crippen LogP contribution in [0.3, 0.4) is 0 Å². The maximum atomic E-state index is 12.4. The van der Waals surface area contributed by atoms with Gasteiger partial charge in [-0.3, -0.25) is 14.6 Å². The Morgan fingerprint density at radius 1 is 1.19 bits per heavy atom. The predicted octanol–water partition coefficient (Wildman–Crippen LogP) is 4.09. The van der Waals surface area contributed by atoms with Crippen molar-refractivity contribution in [1.82, 2.24) is 9.97 Å². The Labute approximate surface area is 154 Å². The van der Waals surface area contributed by atoms with E-state index in [1.807, 2.05) is 0 Å². The number of carbonyl (C=O) groups is 1. The Hall–Kier alpha value is -2.78. The van der Waals surface area contributed by atoms with E-state index in [2.05, 4.69) is 20.0 Å². The van der Waals surface area contributed by atoms with Gasteiger partial charge < -0.3 is 15.0 Å². The van der Waals surface area contributed by atoms with Crippen LogP contribution in [0.4, 0.5) is 14.5 Å². The molecule has 0 saturated heterocycles. The number of rotatable bonds is 4. The monoisotopic (exact) mass is 397 g/mol. The van der Waals surface area contributed by atoms with E-state index in [1.165, 1.54) is 36.4 Å². The summed E-state index contributed by atoms with van der Waals surface area (Å²) in [6, 6.07) is 8.32. The minimum atomic E-state index is -3.00. The average Bonchev–Trinajstić information content (AvgIpc) is 2.56. The number of nitrogens with one attached hydrogen (secondary N) is 3. The first kappa shape index (κ1) is 18.0. The van der Waals surface area contributed by atoms with Gasteiger partial charge >= 0.3 is 6.61 Å². The summed E-state index contributed by atoms with van der Waals surface area (Å²) >= 11 is 10.8. The van der Waals surface area contributed by atoms with E-state index in [1.54, 1.807) is 0 Å². The first-order chi connectivity index (χ1) is 12.3. The summed E-state index contributed by atoms with van der Waals surface area (Å²) < 4.78 is 28.8. The lowest BCUT2D eigenvalue weighted by Gasteiger charge is -2.10. The van der Waals surface area contributed by atoms with E-state index in [0.717, 1.165) is 0 Å². The summed E-state index contributed by atoms with van der Waals surface area (Å²) in [5, 5.41) is 2.86. The zero-order valence-corrected chi connectivity index (χ0v) is 14.4. The molecule has 3 aromatic rings. The van der Waals surface area contributed by atoms with Crippen LogP contribution in [0.2, 0.25) is 5.02 Å². The maximum absolute atomic E-state index is 12.4. The SMILES string of the molecule is O=C(Nc1ccc(OC(F)F)c(Cl)c1)c1ccc2c(=O)[nH]c(=S)[nH]c2c1. The molecule has 0 saturated carbocycles. The number of hydrogen-bond donors (Lipinski definition) is 3. The van der Waals surface area contributed by atoms with Crippen molar-refractivity contribution in [3.05, 3.63) is 62.1 Å². The molecule has 3 rings (SSSR count). The quantitative estimate of drug-likeness (QED) is 0.578. The number of hydrogen-bond acceptors (Lipinski definition) is 4. The van der Waals surface area contributed by atoms with Gasteiger partial charge in [0, 0.05) is 11.3 Å². The number of benzene rings is 2. The Morgan fingerprint density at radius 2 is 1.96 bits per heavy atom. The fraction of sp³-hybridized carbons (Fsp3) is 0.0625. The van der Waals surface area contributed by atoms with Crippen LogP contribution >= 0.6 is 23.8 Å². The number of aromatic amines is 2. The lowest BCUT2D eigenvalue weighted by atomic mass is 10.1. The van der Waals surface area contributed by atoms with Gasteiger partial charge in [0.05, 0.1) is 15.9 Å². The first-order valence-electron chi connectivity index (χ1n) is 7.15. The maximum Gasteiger partial charge on any atom is 0.387 e. The normalized spacial score (nSPS) is 10.9. The van der Waals surface area contributed by atoms with E-state index in [9.17, 15) is 18.4 Å². The molecule has 1 aromatic heterocycles. The van der Waals surface area contributed by atoms with Gasteiger partial charge in [0.25, 0.3) is 11.5 Å². The highest BCUT2D eigenvalue weighted by Crippen LogP contribution is 2.29. The summed E-state index contributed by atoms with van der Waals surface area (Å²) in [7, 11) is 0. The fourth-order valence-electron chi connectivity index (χ4n) is 2.28. The molecule has 0 aliphatic heterocycles. The van der Waals surface area contributed by atoms with Crippen molar-refractivity contribution in [2.75, 3.05) is 5.32 Å². The van der Waals surface area contributed by atoms with E-state index >= 15 is 0 Å². The van der Waals surface area contributed by atoms with Crippen LogP contribution in [0.25, 0.3) is 10.9 Å². The number of fused-ring (bicyclic) bond motifs is 1. The number of aromatic nitrogens is 2. The number of amides is 1. The molecular weight excluding hydrogens is 388 g/mol. The molecule has 0 spiro atoms. The standard InChI is InChI=1S/C16H10ClF2N3O3S/c17-10-6-8(2-4-12(10)25-15(18)19)20-13(23)7-1-3-9-11(5-7)21-16(26)22-14(9)24/h1-6,15H,(H,20,23)(H2,21,22,24,26). The summed E-state index contributed by atoms with van der Waals surface area (Å²) in [5.41, 5.74) is 0.598. The molecular formula is C16H10ClF2N3O3S. The van der Waals surface area contributed by atoms with Gasteiger partial charge in [-0.1, -0.05) is 11.6 Å². The summed E-state index contributed by atoms with van der Waals surface area (Å²) in [4.78, 5) is 29.4. The molecule has 26 heavy (non-hydrogen) atoms. The van der Waals surface area contributed by atoms with E-state index in [4.69, 9.17) is 23.8 Å². The van der Waals surface area contributed by atoms with Crippen LogP contribution in [-0.4, -0.2) is 22.5 Å². The third-order valence-electron chi connectivity index (χ3n) is 3.41. The molecule has 0 fully saturated rings. The average molecular weight is 398 g/mol. The lowest BCUT2D eigenvalue weighted by Crippen LogP contribution is -2.13. The van der Waals surface area contributed by atoms with Crippen molar-refractivity contribution in [3.8, 4) is 5.75 Å². The fourth-order valence-corrected chi connectivity index (χ4v) is 2.71. The Bertz CT molecular complexity index is 1110. The van der Waals surface area contributed by atoms with Gasteiger partial charge in [0.1, 0.15) is 5.75 Å². The van der Waals surface area contributed by atoms with Crippen LogP contribution in [-0.2, 0) is 0 Å². The molecule has 0 aliphatic rings. The van der Waals surface area contributed by atoms with Gasteiger partial charge in [-0.25, -0.2) is 0 Å². The molecule has 0 atom stereocenters. The first-order valence-corrected chi connectivity index (χ1v) is 7.94. The number of H-pyrrole nitrogens is 2. The van der Waals surface area contributed by atoms with E-state index < -0.39 is 12.5 Å². The highest BCUT2D eigenvalue weighted by molar-refractivity contribution is 7.71. The molecule has 6 nitrogen and oxygen atoms in total. The molecule has 134 valence electrons. The van der Waals surface area contributed by atoms with Gasteiger partial charge in [-0.15, -0.1) is 0 Å². The van der Waals surface area contributed by atoms with Gasteiger partial charge in [-0.05, 0) is 48.6 Å². The summed E-state index contributed by atoms with van der Waals surface area (Å²) in [5.74, 6) is -0.678. The van der Waals surface area contributed by atoms with Crippen molar-refractivity contribution in [3.63, 3.8) is 0 Å². The number of carbonyl (C=O) groups excluding carboxylic acids is 1. The predicted molar refractivity (Wildman–Crippen MR) is 95.8 cm³/mol. The van der Waals surface area contributed by atoms with Crippen molar-refractivity contribution in [2.45, 2.75) is 6.61 Å². The zero-order valence-electron chi connectivity index (χ0n) is 12.8. The largest absolute Gasteiger partial charge is 0.433 e. The van der Waals surface area contributed by atoms with Crippen LogP contribution in [0.1, 0.15) is 10.4 Å². The topological polar surface area (TPSA) is 87.0 Å². The molecule has 1 heterocycles. The third kappa shape index (κ3) is 3.89. The molecule has 1 amide bonds. The van der Waals surface area contributed by atoms with E-state index in [0.29, 0.717) is 16.6 Å². The molecule has 2 aromatic carbocycles. The number of alkyl halides is 2. The molecule has 0 aliphatic carbocycles. The van der Waals surface area contributed by atoms with Crippen molar-refractivity contribution >= 4 is 46.3 Å². The highest BCUT2D eigenvalue weighted by atomic mass is 35.5. The van der Waals surface area contributed by atoms with Gasteiger partial charge in [-0.2, -0.15) is 8.78 Å². The summed E-state index contributed by atoms with van der Waals surface area (Å²) in [6.07, 6.45) is 0. The lowest BCUT2D eigenvalue weighted by molar-refractivity contribution is -0.0497. The van der Waals surface area contributed by atoms with Gasteiger partial charge in [0.2, 0.25) is 0 Å². The number of anilines is 1. The molecule has 3 N–H and O–H groups in total. The summed E-state index contributed by atoms with van der Waals surface area (Å²) in [6.45, 7) is -3.00. The number of halogens is 3. The Balaban J connectivity index is 1.86. The smallest absolute Gasteiger partial charge is 0.387 e.